The molecule has 0 N–H and O–H groups in total. The van der Waals surface area contributed by atoms with Crippen LogP contribution >= 0.6 is 11.8 Å². The Balaban J connectivity index is -0.00000000795. The third-order valence-electron chi connectivity index (χ3n) is 1.05. The summed E-state index contributed by atoms with van der Waals surface area (Å²) in [5.74, 6) is 2.08. The van der Waals surface area contributed by atoms with Gasteiger partial charge in [-0.15, -0.1) is 0 Å². The molecule has 0 heterocycles. The van der Waals surface area contributed by atoms with Crippen LogP contribution in [0.4, 0.5) is 0 Å². The van der Waals surface area contributed by atoms with Crippen molar-refractivity contribution in [3.05, 3.63) is 86.1 Å². The minimum atomic E-state index is 0. The molecule has 0 radical (unpaired) electrons. The number of thioether (sulfide) groups is 1. The molecule has 0 bridgehead atoms. The molecule has 0 amide bonds. The van der Waals surface area contributed by atoms with E-state index in [4.69, 9.17) is 93.7 Å². The van der Waals surface area contributed by atoms with Crippen LogP contribution < -0.4 is 0 Å². The SMILES string of the molecule is CC(C[S-])(C[S-])C[S-].[C-]#[O+].[C-]#[O+].[C-]#[O+].[C-]#[O+].[C-]#[O+].[C-]#[O+].[C-]#[O+].[C-]#[O+].[C-]#[O+].[C-]#[O+].[C-]#[O+].[C-]#[O+].[CH2-]SC.[Fe].[Fe].[Fe].[Fe]. The van der Waals surface area contributed by atoms with Gasteiger partial charge in [0.1, 0.15) is 0 Å². The van der Waals surface area contributed by atoms with E-state index in [1.165, 1.54) is 11.8 Å². The van der Waals surface area contributed by atoms with Crippen molar-refractivity contribution in [1.82, 2.24) is 0 Å². The average molecular weight is 786 g/mol. The zero-order valence-electron chi connectivity index (χ0n) is 19.3. The van der Waals surface area contributed by atoms with Crippen molar-refractivity contribution in [2.75, 3.05) is 23.5 Å². The Morgan fingerprint density at radius 3 is 0.487 bits per heavy atom. The van der Waals surface area contributed by atoms with Crippen molar-refractivity contribution in [3.8, 4) is 0 Å². The van der Waals surface area contributed by atoms with Crippen LogP contribution in [0.5, 0.6) is 0 Å². The molecular weight excluding hydrogens is 772 g/mol. The molecule has 0 aliphatic heterocycles. The van der Waals surface area contributed by atoms with Crippen LogP contribution in [0.1, 0.15) is 6.92 Å². The first-order valence-corrected chi connectivity index (χ1v) is 8.70. The Bertz CT molecular complexity index is 374. The molecule has 0 atom stereocenters. The molecule has 0 fully saturated rings. The van der Waals surface area contributed by atoms with Crippen molar-refractivity contribution in [1.29, 1.82) is 0 Å². The Kier molecular flexibility index (Phi) is 1620. The number of rotatable bonds is 3. The van der Waals surface area contributed by atoms with E-state index in [1.54, 1.807) is 0 Å². The Morgan fingerprint density at radius 1 is 0.436 bits per heavy atom. The van der Waals surface area contributed by atoms with Gasteiger partial charge in [0.25, 0.3) is 0 Å². The van der Waals surface area contributed by atoms with Crippen LogP contribution in [0, 0.1) is 91.5 Å². The summed E-state index contributed by atoms with van der Waals surface area (Å²) >= 11 is 16.1. The fourth-order valence-corrected chi connectivity index (χ4v) is 1.12. The molecule has 0 aromatic heterocycles. The summed E-state index contributed by atoms with van der Waals surface area (Å²) in [4.78, 5) is 0. The summed E-state index contributed by atoms with van der Waals surface area (Å²) in [5.41, 5.74) is 0.0694. The molecule has 0 saturated carbocycles. The molecule has 0 spiro atoms. The maximum atomic E-state index is 7.50. The van der Waals surface area contributed by atoms with Crippen molar-refractivity contribution in [3.63, 3.8) is 0 Å². The molecule has 12 nitrogen and oxygen atoms in total. The summed E-state index contributed by atoms with van der Waals surface area (Å²) in [6, 6.07) is 0. The second-order valence-corrected chi connectivity index (χ2v) is 3.98. The molecule has 39 heavy (non-hydrogen) atoms. The van der Waals surface area contributed by atoms with E-state index < -0.39 is 0 Å². The first-order valence-electron chi connectivity index (χ1n) is 5.57. The second-order valence-electron chi connectivity index (χ2n) is 2.53. The first-order chi connectivity index (χ1) is 17.1. The van der Waals surface area contributed by atoms with Gasteiger partial charge >= 0.3 is 136 Å². The van der Waals surface area contributed by atoms with Crippen LogP contribution in [0.3, 0.4) is 0 Å². The van der Waals surface area contributed by atoms with Gasteiger partial charge in [0.15, 0.2) is 0 Å². The molecule has 0 rings (SSSR count). The van der Waals surface area contributed by atoms with Gasteiger partial charge in [-0.25, -0.2) is 0 Å². The van der Waals surface area contributed by atoms with Gasteiger partial charge in [0, 0.05) is 68.3 Å². The van der Waals surface area contributed by atoms with Crippen molar-refractivity contribution in [2.45, 2.75) is 6.92 Å². The summed E-state index contributed by atoms with van der Waals surface area (Å²) in [5, 5.41) is 0. The Hall–Kier alpha value is 0.358. The molecule has 0 unspecified atom stereocenters. The van der Waals surface area contributed by atoms with Gasteiger partial charge < -0.3 is 49.6 Å². The zero-order valence-corrected chi connectivity index (χ0v) is 27.0. The van der Waals surface area contributed by atoms with Gasteiger partial charge in [0.05, 0.1) is 0 Å². The van der Waals surface area contributed by atoms with Gasteiger partial charge in [-0.2, -0.15) is 17.3 Å². The molecule has 0 aliphatic rings. The third-order valence-corrected chi connectivity index (χ3v) is 3.14. The fourth-order valence-electron chi connectivity index (χ4n) is 0.125. The van der Waals surface area contributed by atoms with E-state index in [2.05, 4.69) is 86.1 Å². The fraction of sp³-hybridized carbons (Fsp3) is 0.316. The largest absolute Gasteiger partial charge is 0.357 e. The Morgan fingerprint density at radius 2 is 0.487 bits per heavy atom. The molecule has 0 saturated heterocycles. The minimum Gasteiger partial charge on any atom is -0.357 e. The van der Waals surface area contributed by atoms with Crippen LogP contribution in [-0.2, 0) is 162 Å². The predicted octanol–water partition coefficient (Wildman–Crippen LogP) is 1.31. The molecular formula is C19H14Fe4O12S4-4. The van der Waals surface area contributed by atoms with Crippen LogP contribution in [0.25, 0.3) is 0 Å². The predicted molar refractivity (Wildman–Crippen MR) is 111 cm³/mol. The summed E-state index contributed by atoms with van der Waals surface area (Å²) < 4.78 is 90.0. The number of hydrogen-bond acceptors (Lipinski definition) is 4. The molecule has 0 aromatic carbocycles. The van der Waals surface area contributed by atoms with E-state index in [-0.39, 0.29) is 73.7 Å². The topological polar surface area (TPSA) is 239 Å². The van der Waals surface area contributed by atoms with Crippen LogP contribution in [0.15, 0.2) is 0 Å². The molecule has 222 valence electrons. The van der Waals surface area contributed by atoms with Crippen molar-refractivity contribution in [2.24, 2.45) is 5.41 Å². The maximum absolute atomic E-state index is 7.50. The van der Waals surface area contributed by atoms with E-state index in [1.807, 2.05) is 13.2 Å². The van der Waals surface area contributed by atoms with E-state index >= 15 is 0 Å². The quantitative estimate of drug-likeness (QED) is 0.178. The van der Waals surface area contributed by atoms with Gasteiger partial charge in [-0.3, -0.25) is 6.26 Å². The van der Waals surface area contributed by atoms with Gasteiger partial charge in [-0.05, 0) is 6.26 Å². The van der Waals surface area contributed by atoms with Gasteiger partial charge in [-0.1, -0.05) is 12.3 Å². The summed E-state index contributed by atoms with van der Waals surface area (Å²) in [7, 11) is 0. The first kappa shape index (κ1) is 127. The zero-order chi connectivity index (χ0) is 33.3. The maximum Gasteiger partial charge on any atom is 0 e. The third kappa shape index (κ3) is 579. The average Bonchev–Trinajstić information content (AvgIpc) is 3.05. The van der Waals surface area contributed by atoms with Crippen molar-refractivity contribution < 1.29 is 124 Å². The molecule has 0 aromatic rings. The van der Waals surface area contributed by atoms with Crippen molar-refractivity contribution >= 4 is 49.6 Å². The normalized spacial score (nSPS) is 3.54. The van der Waals surface area contributed by atoms with Crippen LogP contribution in [0.2, 0.25) is 0 Å². The van der Waals surface area contributed by atoms with Crippen LogP contribution in [-0.4, -0.2) is 23.5 Å². The summed E-state index contributed by atoms with van der Waals surface area (Å²) in [6.07, 6.45) is 5.33. The van der Waals surface area contributed by atoms with E-state index in [9.17, 15) is 0 Å². The second kappa shape index (κ2) is 499. The standard InChI is InChI=1S/C5H12S3.C2H5S.12CO.4Fe/c1-5(2-6,3-7)4-8;1-3-2;12*1-2;;;;/h6-8H,2-4H2,1H3;1H2,2H3;;;;;;;;;;;;;;;;/q;-1;;;;;;;;;;;;;;;;/p-3. The van der Waals surface area contributed by atoms with E-state index in [0.717, 1.165) is 0 Å². The Labute approximate surface area is 293 Å². The van der Waals surface area contributed by atoms with E-state index in [0.29, 0.717) is 17.3 Å². The molecule has 0 aliphatic carbocycles. The number of hydrogen-bond donors (Lipinski definition) is 0. The molecule has 20 heteroatoms. The van der Waals surface area contributed by atoms with Gasteiger partial charge in [0.2, 0.25) is 0 Å². The minimum absolute atomic E-state index is 0. The monoisotopic (exact) mass is 786 g/mol. The summed E-state index contributed by atoms with van der Waals surface area (Å²) in [6.45, 7) is 56.0. The smallest absolute Gasteiger partial charge is 0 e.